The lowest BCUT2D eigenvalue weighted by Gasteiger charge is -2.09. The first-order valence-corrected chi connectivity index (χ1v) is 7.10. The highest BCUT2D eigenvalue weighted by molar-refractivity contribution is 4.54. The predicted octanol–water partition coefficient (Wildman–Crippen LogP) is 5.77. The van der Waals surface area contributed by atoms with Crippen molar-refractivity contribution in [2.45, 2.75) is 84.5 Å². The first-order chi connectivity index (χ1) is 7.31. The van der Waals surface area contributed by atoms with E-state index in [0.717, 1.165) is 12.3 Å². The van der Waals surface area contributed by atoms with Gasteiger partial charge in [0.2, 0.25) is 0 Å². The summed E-state index contributed by atoms with van der Waals surface area (Å²) in [7, 11) is 0. The van der Waals surface area contributed by atoms with Gasteiger partial charge < -0.3 is 0 Å². The molecule has 0 bridgehead atoms. The molecular weight excluding hydrogens is 180 g/mol. The summed E-state index contributed by atoms with van der Waals surface area (Å²) in [5.74, 6) is 0.963. The van der Waals surface area contributed by atoms with Gasteiger partial charge in [0.1, 0.15) is 0 Å². The molecule has 0 amide bonds. The fraction of sp³-hybridized carbons (Fsp3) is 0.933. The summed E-state index contributed by atoms with van der Waals surface area (Å²) in [5.41, 5.74) is 0. The number of unbranched alkanes of at least 4 members (excludes halogenated alkanes) is 7. The van der Waals surface area contributed by atoms with Crippen molar-refractivity contribution in [3.05, 3.63) is 6.92 Å². The molecule has 0 heteroatoms. The zero-order chi connectivity index (χ0) is 11.4. The van der Waals surface area contributed by atoms with Gasteiger partial charge in [0, 0.05) is 0 Å². The van der Waals surface area contributed by atoms with Crippen LogP contribution in [0.25, 0.3) is 0 Å². The summed E-state index contributed by atoms with van der Waals surface area (Å²) in [6, 6.07) is 0. The average Bonchev–Trinajstić information content (AvgIpc) is 2.25. The molecule has 0 aromatic heterocycles. The van der Waals surface area contributed by atoms with Crippen LogP contribution in [0, 0.1) is 12.8 Å². The van der Waals surface area contributed by atoms with Crippen molar-refractivity contribution >= 4 is 0 Å². The van der Waals surface area contributed by atoms with Gasteiger partial charge in [0.25, 0.3) is 0 Å². The molecule has 0 spiro atoms. The molecule has 0 N–H and O–H groups in total. The van der Waals surface area contributed by atoms with Gasteiger partial charge in [-0.3, -0.25) is 0 Å². The lowest BCUT2D eigenvalue weighted by Crippen LogP contribution is -1.94. The third-order valence-electron chi connectivity index (χ3n) is 3.25. The molecule has 15 heavy (non-hydrogen) atoms. The topological polar surface area (TPSA) is 0 Å². The van der Waals surface area contributed by atoms with Crippen LogP contribution >= 0.6 is 0 Å². The van der Waals surface area contributed by atoms with Crippen LogP contribution in [0.5, 0.6) is 0 Å². The van der Waals surface area contributed by atoms with Crippen molar-refractivity contribution in [2.75, 3.05) is 0 Å². The largest absolute Gasteiger partial charge is 0.0654 e. The highest BCUT2D eigenvalue weighted by atomic mass is 14.1. The Bertz CT molecular complexity index is 107. The third kappa shape index (κ3) is 11.9. The second kappa shape index (κ2) is 12.1. The highest BCUT2D eigenvalue weighted by Gasteiger charge is 2.00. The minimum absolute atomic E-state index is 0.963. The van der Waals surface area contributed by atoms with Crippen LogP contribution in [0.4, 0.5) is 0 Å². The molecule has 0 aliphatic heterocycles. The standard InChI is InChI=1S/C15H31/c1-4-6-8-9-10-11-12-14-15(3)13-7-5-2/h15H,1,4-14H2,2-3H3. The lowest BCUT2D eigenvalue weighted by atomic mass is 9.97. The first kappa shape index (κ1) is 15.0. The maximum Gasteiger partial charge on any atom is -0.0443 e. The summed E-state index contributed by atoms with van der Waals surface area (Å²) in [6.45, 7) is 8.57. The van der Waals surface area contributed by atoms with E-state index in [1.165, 1.54) is 64.2 Å². The van der Waals surface area contributed by atoms with Crippen molar-refractivity contribution in [1.82, 2.24) is 0 Å². The van der Waals surface area contributed by atoms with Crippen molar-refractivity contribution in [3.8, 4) is 0 Å². The van der Waals surface area contributed by atoms with Gasteiger partial charge in [-0.15, -0.1) is 0 Å². The quantitative estimate of drug-likeness (QED) is 0.381. The van der Waals surface area contributed by atoms with Crippen LogP contribution in [-0.2, 0) is 0 Å². The first-order valence-electron chi connectivity index (χ1n) is 7.10. The summed E-state index contributed by atoms with van der Waals surface area (Å²) in [5, 5.41) is 0. The summed E-state index contributed by atoms with van der Waals surface area (Å²) in [6.07, 6.45) is 15.3. The van der Waals surface area contributed by atoms with Gasteiger partial charge >= 0.3 is 0 Å². The second-order valence-corrected chi connectivity index (χ2v) is 5.01. The molecule has 0 aliphatic carbocycles. The van der Waals surface area contributed by atoms with E-state index in [9.17, 15) is 0 Å². The summed E-state index contributed by atoms with van der Waals surface area (Å²) < 4.78 is 0. The Morgan fingerprint density at radius 1 is 0.800 bits per heavy atom. The summed E-state index contributed by atoms with van der Waals surface area (Å²) in [4.78, 5) is 0. The lowest BCUT2D eigenvalue weighted by molar-refractivity contribution is 0.441. The Hall–Kier alpha value is 0. The van der Waals surface area contributed by atoms with E-state index >= 15 is 0 Å². The molecule has 0 saturated carbocycles. The molecule has 1 unspecified atom stereocenters. The second-order valence-electron chi connectivity index (χ2n) is 5.01. The molecule has 91 valence electrons. The Morgan fingerprint density at radius 2 is 1.33 bits per heavy atom. The maximum atomic E-state index is 3.87. The average molecular weight is 211 g/mol. The monoisotopic (exact) mass is 211 g/mol. The number of hydrogen-bond donors (Lipinski definition) is 0. The van der Waals surface area contributed by atoms with Gasteiger partial charge in [0.15, 0.2) is 0 Å². The van der Waals surface area contributed by atoms with E-state index in [0.29, 0.717) is 0 Å². The molecule has 1 atom stereocenters. The van der Waals surface area contributed by atoms with E-state index < -0.39 is 0 Å². The van der Waals surface area contributed by atoms with Crippen LogP contribution in [0.15, 0.2) is 0 Å². The maximum absolute atomic E-state index is 3.87. The molecule has 0 rings (SSSR count). The molecule has 0 aromatic rings. The van der Waals surface area contributed by atoms with Crippen LogP contribution < -0.4 is 0 Å². The Kier molecular flexibility index (Phi) is 12.1. The van der Waals surface area contributed by atoms with Crippen molar-refractivity contribution in [3.63, 3.8) is 0 Å². The molecule has 0 fully saturated rings. The molecule has 0 nitrogen and oxygen atoms in total. The van der Waals surface area contributed by atoms with Gasteiger partial charge in [-0.1, -0.05) is 91.4 Å². The van der Waals surface area contributed by atoms with E-state index in [2.05, 4.69) is 20.8 Å². The predicted molar refractivity (Wildman–Crippen MR) is 71.0 cm³/mol. The van der Waals surface area contributed by atoms with Crippen molar-refractivity contribution in [1.29, 1.82) is 0 Å². The zero-order valence-electron chi connectivity index (χ0n) is 11.1. The minimum Gasteiger partial charge on any atom is -0.0654 e. The van der Waals surface area contributed by atoms with Crippen molar-refractivity contribution in [2.24, 2.45) is 5.92 Å². The third-order valence-corrected chi connectivity index (χ3v) is 3.25. The van der Waals surface area contributed by atoms with E-state index in [-0.39, 0.29) is 0 Å². The number of hydrogen-bond acceptors (Lipinski definition) is 0. The molecule has 0 aromatic carbocycles. The van der Waals surface area contributed by atoms with Crippen LogP contribution in [0.1, 0.15) is 84.5 Å². The highest BCUT2D eigenvalue weighted by Crippen LogP contribution is 2.16. The SMILES string of the molecule is [CH2]CCCCCCCCC(C)CCCC. The van der Waals surface area contributed by atoms with E-state index in [1.807, 2.05) is 0 Å². The smallest absolute Gasteiger partial charge is 0.0443 e. The van der Waals surface area contributed by atoms with Gasteiger partial charge in [-0.25, -0.2) is 0 Å². The summed E-state index contributed by atoms with van der Waals surface area (Å²) >= 11 is 0. The van der Waals surface area contributed by atoms with Crippen LogP contribution in [0.2, 0.25) is 0 Å². The Balaban J connectivity index is 3.02. The molecule has 0 heterocycles. The molecule has 0 saturated heterocycles. The normalized spacial score (nSPS) is 13.0. The van der Waals surface area contributed by atoms with Crippen LogP contribution in [0.3, 0.4) is 0 Å². The van der Waals surface area contributed by atoms with E-state index in [1.54, 1.807) is 0 Å². The van der Waals surface area contributed by atoms with Gasteiger partial charge in [0.05, 0.1) is 0 Å². The minimum atomic E-state index is 0.963. The van der Waals surface area contributed by atoms with Crippen molar-refractivity contribution < 1.29 is 0 Å². The van der Waals surface area contributed by atoms with Gasteiger partial charge in [-0.05, 0) is 5.92 Å². The fourth-order valence-corrected chi connectivity index (χ4v) is 2.07. The molecular formula is C15H31. The Morgan fingerprint density at radius 3 is 1.93 bits per heavy atom. The zero-order valence-corrected chi connectivity index (χ0v) is 11.1. The fourth-order valence-electron chi connectivity index (χ4n) is 2.07. The Labute approximate surface area is 97.8 Å². The molecule has 0 aliphatic rings. The van der Waals surface area contributed by atoms with E-state index in [4.69, 9.17) is 0 Å². The number of rotatable bonds is 11. The van der Waals surface area contributed by atoms with Gasteiger partial charge in [-0.2, -0.15) is 0 Å². The van der Waals surface area contributed by atoms with Crippen LogP contribution in [-0.4, -0.2) is 0 Å². The molecule has 1 radical (unpaired) electrons.